The first-order valence-corrected chi connectivity index (χ1v) is 16.2. The summed E-state index contributed by atoms with van der Waals surface area (Å²) in [6, 6.07) is 9.60. The molecular formula is C36H28N8O10. The maximum absolute atomic E-state index is 12.5. The number of hydrogen-bond acceptors (Lipinski definition) is 12. The molecule has 3 aliphatic rings. The van der Waals surface area contributed by atoms with E-state index in [0.717, 1.165) is 35.4 Å². The highest BCUT2D eigenvalue weighted by atomic mass is 16.6. The predicted octanol–water partition coefficient (Wildman–Crippen LogP) is 7.15. The summed E-state index contributed by atoms with van der Waals surface area (Å²) in [7, 11) is 0. The first-order chi connectivity index (χ1) is 25.5. The normalized spacial score (nSPS) is 14.9. The molecule has 0 atom stereocenters. The summed E-state index contributed by atoms with van der Waals surface area (Å²) in [5, 5.41) is 49.9. The number of allylic oxidation sites excluding steroid dienone is 2. The molecule has 272 valence electrons. The van der Waals surface area contributed by atoms with Crippen LogP contribution in [0.1, 0.15) is 55.9 Å². The zero-order chi connectivity index (χ0) is 38.9. The Bertz CT molecular complexity index is 2410. The number of nitro groups is 4. The monoisotopic (exact) mass is 732 g/mol. The summed E-state index contributed by atoms with van der Waals surface area (Å²) in [5.41, 5.74) is 3.13. The van der Waals surface area contributed by atoms with Gasteiger partial charge in [0.05, 0.1) is 42.5 Å². The van der Waals surface area contributed by atoms with Crippen LogP contribution in [-0.2, 0) is 0 Å². The van der Waals surface area contributed by atoms with E-state index in [4.69, 9.17) is 9.47 Å². The highest BCUT2D eigenvalue weighted by Crippen LogP contribution is 2.43. The molecule has 0 amide bonds. The summed E-state index contributed by atoms with van der Waals surface area (Å²) in [6.45, 7) is 10.8. The minimum absolute atomic E-state index is 0.0125. The molecule has 0 radical (unpaired) electrons. The Labute approximate surface area is 304 Å². The molecule has 7 rings (SSSR count). The second-order valence-corrected chi connectivity index (χ2v) is 13.0. The molecule has 5 heterocycles. The van der Waals surface area contributed by atoms with Gasteiger partial charge >= 0.3 is 34.6 Å². The van der Waals surface area contributed by atoms with Crippen molar-refractivity contribution in [3.8, 4) is 11.8 Å². The van der Waals surface area contributed by atoms with E-state index in [1.54, 1.807) is 27.7 Å². The number of rotatable bonds is 6. The number of aromatic amines is 2. The van der Waals surface area contributed by atoms with Crippen molar-refractivity contribution in [2.24, 2.45) is 9.98 Å². The van der Waals surface area contributed by atoms with Crippen LogP contribution in [0.4, 0.5) is 11.4 Å². The van der Waals surface area contributed by atoms with Gasteiger partial charge < -0.3 is 19.4 Å². The first-order valence-electron chi connectivity index (χ1n) is 16.2. The molecule has 0 saturated carbocycles. The third-order valence-corrected chi connectivity index (χ3v) is 9.04. The molecule has 0 spiro atoms. The van der Waals surface area contributed by atoms with Gasteiger partial charge in [-0.25, -0.2) is 9.98 Å². The van der Waals surface area contributed by atoms with Crippen molar-refractivity contribution in [1.29, 1.82) is 0 Å². The number of ether oxygens (including phenoxy) is 2. The van der Waals surface area contributed by atoms with Crippen molar-refractivity contribution in [1.82, 2.24) is 9.97 Å². The van der Waals surface area contributed by atoms with E-state index in [9.17, 15) is 40.5 Å². The molecule has 2 aromatic heterocycles. The highest BCUT2D eigenvalue weighted by molar-refractivity contribution is 6.02. The second-order valence-electron chi connectivity index (χ2n) is 13.0. The van der Waals surface area contributed by atoms with Crippen molar-refractivity contribution < 1.29 is 29.2 Å². The lowest BCUT2D eigenvalue weighted by Gasteiger charge is -2.15. The molecule has 0 aliphatic carbocycles. The highest BCUT2D eigenvalue weighted by Gasteiger charge is 2.38. The second kappa shape index (κ2) is 12.6. The third-order valence-electron chi connectivity index (χ3n) is 9.04. The molecule has 18 nitrogen and oxygen atoms in total. The number of aliphatic imine (C=N–C) groups is 2. The van der Waals surface area contributed by atoms with E-state index < -0.39 is 66.0 Å². The predicted molar refractivity (Wildman–Crippen MR) is 195 cm³/mol. The van der Waals surface area contributed by atoms with Crippen LogP contribution in [0.2, 0.25) is 0 Å². The smallest absolute Gasteiger partial charge is 0.333 e. The van der Waals surface area contributed by atoms with E-state index in [1.165, 1.54) is 0 Å². The molecule has 8 bridgehead atoms. The summed E-state index contributed by atoms with van der Waals surface area (Å²) in [4.78, 5) is 61.5. The topological polar surface area (TPSA) is 247 Å². The third kappa shape index (κ3) is 5.80. The Morgan fingerprint density at radius 3 is 1.15 bits per heavy atom. The van der Waals surface area contributed by atoms with Crippen LogP contribution in [0.5, 0.6) is 11.8 Å². The van der Waals surface area contributed by atoms with Gasteiger partial charge in [0.2, 0.25) is 0 Å². The summed E-state index contributed by atoms with van der Waals surface area (Å²) >= 11 is 0. The van der Waals surface area contributed by atoms with Crippen LogP contribution in [-0.4, -0.2) is 41.5 Å². The number of nitrogens with zero attached hydrogens (tertiary/aromatic N) is 6. The number of fused-ring (bicyclic) bond motifs is 6. The molecule has 0 saturated heterocycles. The van der Waals surface area contributed by atoms with Crippen molar-refractivity contribution in [2.45, 2.75) is 41.5 Å². The van der Waals surface area contributed by atoms with Gasteiger partial charge in [-0.3, -0.25) is 40.5 Å². The van der Waals surface area contributed by atoms with E-state index in [-0.39, 0.29) is 33.9 Å². The van der Waals surface area contributed by atoms with Gasteiger partial charge in [0.15, 0.2) is 0 Å². The Morgan fingerprint density at radius 1 is 0.519 bits per heavy atom. The standard InChI is InChI=1S/C36H28N8O10/c1-15-7-17(3)29(18(4)8-15)31-21-11-25(41(45)46)33(37-21)53-35-27(43(49)50)13-23(39-35)32(30-19(5)9-16(2)10-20(30)6)24-14-28(44(51)52)36(40-24)54-34-26(42(47)48)12-22(31)38-34/h7-14,37,40H,1-6H3. The average Bonchev–Trinajstić information content (AvgIpc) is 3.86. The van der Waals surface area contributed by atoms with Crippen LogP contribution in [0.3, 0.4) is 0 Å². The number of aromatic nitrogens is 2. The Kier molecular flexibility index (Phi) is 8.16. The molecule has 54 heavy (non-hydrogen) atoms. The zero-order valence-electron chi connectivity index (χ0n) is 29.4. The van der Waals surface area contributed by atoms with Crippen LogP contribution < -0.4 is 9.47 Å². The van der Waals surface area contributed by atoms with Gasteiger partial charge in [-0.2, -0.15) is 0 Å². The molecule has 2 aromatic carbocycles. The fraction of sp³-hybridized carbons (Fsp3) is 0.167. The van der Waals surface area contributed by atoms with E-state index in [0.29, 0.717) is 33.4 Å². The van der Waals surface area contributed by atoms with Crippen LogP contribution >= 0.6 is 0 Å². The number of benzene rings is 2. The molecule has 0 fully saturated rings. The zero-order valence-corrected chi connectivity index (χ0v) is 29.4. The van der Waals surface area contributed by atoms with Gasteiger partial charge in [0, 0.05) is 35.4 Å². The lowest BCUT2D eigenvalue weighted by atomic mass is 9.90. The van der Waals surface area contributed by atoms with Crippen LogP contribution in [0.15, 0.2) is 81.3 Å². The lowest BCUT2D eigenvalue weighted by Crippen LogP contribution is -2.16. The molecule has 2 N–H and O–H groups in total. The van der Waals surface area contributed by atoms with Gasteiger partial charge in [0.1, 0.15) is 0 Å². The van der Waals surface area contributed by atoms with Crippen LogP contribution in [0, 0.1) is 82.0 Å². The van der Waals surface area contributed by atoms with Gasteiger partial charge in [0.25, 0.3) is 11.8 Å². The van der Waals surface area contributed by atoms with Crippen LogP contribution in [0.25, 0.3) is 11.1 Å². The Balaban J connectivity index is 1.61. The van der Waals surface area contributed by atoms with E-state index in [1.807, 2.05) is 38.1 Å². The van der Waals surface area contributed by atoms with Crippen molar-refractivity contribution in [2.75, 3.05) is 0 Å². The van der Waals surface area contributed by atoms with Gasteiger partial charge in [-0.15, -0.1) is 0 Å². The fourth-order valence-corrected chi connectivity index (χ4v) is 7.14. The number of H-pyrrole nitrogens is 2. The minimum atomic E-state index is -0.765. The molecule has 18 heteroatoms. The molecule has 4 aromatic rings. The van der Waals surface area contributed by atoms with E-state index in [2.05, 4.69) is 20.0 Å². The Hall–Kier alpha value is -7.50. The van der Waals surface area contributed by atoms with Crippen molar-refractivity contribution in [3.05, 3.63) is 168 Å². The largest absolute Gasteiger partial charge is 0.410 e. The molecule has 3 aliphatic heterocycles. The number of aryl methyl sites for hydroxylation is 6. The van der Waals surface area contributed by atoms with Crippen molar-refractivity contribution >= 4 is 34.3 Å². The maximum Gasteiger partial charge on any atom is 0.333 e. The summed E-state index contributed by atoms with van der Waals surface area (Å²) in [5.74, 6) is -2.25. The summed E-state index contributed by atoms with van der Waals surface area (Å²) in [6.07, 6.45) is 2.19. The quantitative estimate of drug-likeness (QED) is 0.150. The first kappa shape index (κ1) is 34.9. The number of hydrogen-bond donors (Lipinski definition) is 2. The Morgan fingerprint density at radius 2 is 0.852 bits per heavy atom. The van der Waals surface area contributed by atoms with E-state index >= 15 is 0 Å². The SMILES string of the molecule is Cc1cc(C)c(C2=C3C=C([N+](=O)[O-])C(=N3)Oc3[nH]c(cc3[N+](=O)[O-])C(c3c(C)cc(C)cc3C)=C3C=C([N+](=O)[O-])C(=N3)Oc3[nH]c2cc3[N+](=O)[O-])c(C)c1. The summed E-state index contributed by atoms with van der Waals surface area (Å²) < 4.78 is 11.8. The van der Waals surface area contributed by atoms with Gasteiger partial charge in [-0.1, -0.05) is 35.4 Å². The molecular weight excluding hydrogens is 704 g/mol. The molecule has 0 unspecified atom stereocenters. The van der Waals surface area contributed by atoms with Crippen molar-refractivity contribution in [3.63, 3.8) is 0 Å². The van der Waals surface area contributed by atoms with Gasteiger partial charge in [-0.05, 0) is 74.9 Å². The average molecular weight is 733 g/mol. The lowest BCUT2D eigenvalue weighted by molar-refractivity contribution is -0.416. The minimum Gasteiger partial charge on any atom is -0.410 e. The maximum atomic E-state index is 12.5. The fourth-order valence-electron chi connectivity index (χ4n) is 7.14. The number of nitrogens with one attached hydrogen (secondary N) is 2.